The van der Waals surface area contributed by atoms with Crippen LogP contribution in [0.4, 0.5) is 0 Å². The minimum absolute atomic E-state index is 0.0630. The van der Waals surface area contributed by atoms with Crippen molar-refractivity contribution in [3.05, 3.63) is 35.4 Å². The van der Waals surface area contributed by atoms with E-state index < -0.39 is 0 Å². The van der Waals surface area contributed by atoms with Crippen LogP contribution >= 0.6 is 0 Å². The lowest BCUT2D eigenvalue weighted by Gasteiger charge is -2.30. The van der Waals surface area contributed by atoms with Crippen molar-refractivity contribution < 1.29 is 4.79 Å². The molecule has 25 heavy (non-hydrogen) atoms. The van der Waals surface area contributed by atoms with Crippen molar-refractivity contribution in [2.45, 2.75) is 65.8 Å². The smallest absolute Gasteiger partial charge is 0.251 e. The van der Waals surface area contributed by atoms with E-state index >= 15 is 0 Å². The van der Waals surface area contributed by atoms with E-state index in [1.807, 2.05) is 12.1 Å². The van der Waals surface area contributed by atoms with Crippen molar-refractivity contribution in [1.29, 1.82) is 0 Å². The quantitative estimate of drug-likeness (QED) is 0.693. The highest BCUT2D eigenvalue weighted by Gasteiger charge is 2.16. The van der Waals surface area contributed by atoms with Gasteiger partial charge in [-0.05, 0) is 55.3 Å². The highest BCUT2D eigenvalue weighted by Crippen LogP contribution is 2.18. The molecular formula is C22H36N2O. The Kier molecular flexibility index (Phi) is 8.47. The predicted octanol–water partition coefficient (Wildman–Crippen LogP) is 4.86. The van der Waals surface area contributed by atoms with Gasteiger partial charge >= 0.3 is 0 Å². The van der Waals surface area contributed by atoms with Gasteiger partial charge < -0.3 is 5.32 Å². The number of likely N-dealkylation sites (tertiary alicyclic amines) is 1. The van der Waals surface area contributed by atoms with Crippen molar-refractivity contribution in [3.8, 4) is 0 Å². The second kappa shape index (κ2) is 10.6. The van der Waals surface area contributed by atoms with Gasteiger partial charge in [-0.2, -0.15) is 0 Å². The molecule has 1 N–H and O–H groups in total. The number of hydrogen-bond acceptors (Lipinski definition) is 2. The van der Waals surface area contributed by atoms with E-state index in [1.54, 1.807) is 0 Å². The van der Waals surface area contributed by atoms with Gasteiger partial charge in [0.25, 0.3) is 5.91 Å². The van der Waals surface area contributed by atoms with Gasteiger partial charge in [0, 0.05) is 25.2 Å². The van der Waals surface area contributed by atoms with Gasteiger partial charge in [-0.15, -0.1) is 0 Å². The van der Waals surface area contributed by atoms with Crippen LogP contribution in [0.25, 0.3) is 0 Å². The molecule has 0 unspecified atom stereocenters. The van der Waals surface area contributed by atoms with Gasteiger partial charge in [0.15, 0.2) is 0 Å². The van der Waals surface area contributed by atoms with Crippen LogP contribution in [0.1, 0.15) is 75.2 Å². The zero-order valence-electron chi connectivity index (χ0n) is 16.4. The third kappa shape index (κ3) is 6.81. The minimum Gasteiger partial charge on any atom is -0.352 e. The lowest BCUT2D eigenvalue weighted by atomic mass is 9.99. The summed E-state index contributed by atoms with van der Waals surface area (Å²) in [6.45, 7) is 11.0. The number of carbonyl (C=O) groups is 1. The van der Waals surface area contributed by atoms with Crippen molar-refractivity contribution in [1.82, 2.24) is 10.2 Å². The summed E-state index contributed by atoms with van der Waals surface area (Å²) in [5.41, 5.74) is 2.08. The number of benzene rings is 1. The Balaban J connectivity index is 1.81. The van der Waals surface area contributed by atoms with Crippen LogP contribution in [0.2, 0.25) is 0 Å². The summed E-state index contributed by atoms with van der Waals surface area (Å²) in [7, 11) is 0. The molecule has 0 bridgehead atoms. The molecule has 2 atom stereocenters. The number of carbonyl (C=O) groups excluding carboxylic acids is 1. The first-order chi connectivity index (χ1) is 12.1. The number of piperidine rings is 1. The zero-order valence-corrected chi connectivity index (χ0v) is 16.4. The number of amides is 1. The molecule has 1 aliphatic heterocycles. The van der Waals surface area contributed by atoms with Gasteiger partial charge in [-0.1, -0.05) is 52.2 Å². The second-order valence-corrected chi connectivity index (χ2v) is 7.81. The average molecular weight is 345 g/mol. The summed E-state index contributed by atoms with van der Waals surface area (Å²) < 4.78 is 0. The van der Waals surface area contributed by atoms with Crippen LogP contribution in [-0.2, 0) is 6.54 Å². The number of nitrogens with one attached hydrogen (secondary N) is 1. The van der Waals surface area contributed by atoms with Crippen molar-refractivity contribution in [2.24, 2.45) is 11.8 Å². The minimum atomic E-state index is 0.0630. The number of hydrogen-bond donors (Lipinski definition) is 1. The van der Waals surface area contributed by atoms with Gasteiger partial charge in [0.05, 0.1) is 0 Å². The van der Waals surface area contributed by atoms with Crippen LogP contribution in [0.15, 0.2) is 24.3 Å². The molecule has 1 aliphatic rings. The summed E-state index contributed by atoms with van der Waals surface area (Å²) in [6.07, 6.45) is 7.47. The third-order valence-corrected chi connectivity index (χ3v) is 5.46. The van der Waals surface area contributed by atoms with E-state index in [4.69, 9.17) is 0 Å². The molecule has 0 aliphatic carbocycles. The standard InChI is InChI=1S/C22H36N2O/c1-4-6-9-19(5-2)15-23-22(25)21-12-10-20(11-13-21)17-24-14-7-8-18(3)16-24/h10-13,18-19H,4-9,14-17H2,1-3H3,(H,23,25)/t18-,19-/m1/s1. The molecule has 1 aromatic carbocycles. The number of nitrogens with zero attached hydrogens (tertiary/aromatic N) is 1. The first-order valence-corrected chi connectivity index (χ1v) is 10.2. The highest BCUT2D eigenvalue weighted by molar-refractivity contribution is 5.94. The zero-order chi connectivity index (χ0) is 18.1. The van der Waals surface area contributed by atoms with Crippen LogP contribution in [0.5, 0.6) is 0 Å². The van der Waals surface area contributed by atoms with Crippen molar-refractivity contribution in [3.63, 3.8) is 0 Å². The lowest BCUT2D eigenvalue weighted by molar-refractivity contribution is 0.0946. The lowest BCUT2D eigenvalue weighted by Crippen LogP contribution is -2.33. The van der Waals surface area contributed by atoms with E-state index in [1.165, 1.54) is 50.8 Å². The fraction of sp³-hybridized carbons (Fsp3) is 0.682. The molecule has 140 valence electrons. The SMILES string of the molecule is CCCC[C@@H](CC)CNC(=O)c1ccc(CN2CCC[C@@H](C)C2)cc1. The summed E-state index contributed by atoms with van der Waals surface area (Å²) in [6, 6.07) is 8.18. The fourth-order valence-electron chi connectivity index (χ4n) is 3.73. The van der Waals surface area contributed by atoms with Crippen LogP contribution in [-0.4, -0.2) is 30.4 Å². The summed E-state index contributed by atoms with van der Waals surface area (Å²) >= 11 is 0. The number of rotatable bonds is 9. The molecule has 0 spiro atoms. The molecule has 1 fully saturated rings. The average Bonchev–Trinajstić information content (AvgIpc) is 2.62. The Morgan fingerprint density at radius 1 is 1.28 bits per heavy atom. The van der Waals surface area contributed by atoms with Crippen LogP contribution in [0, 0.1) is 11.8 Å². The maximum Gasteiger partial charge on any atom is 0.251 e. The monoisotopic (exact) mass is 344 g/mol. The normalized spacial score (nSPS) is 19.6. The van der Waals surface area contributed by atoms with E-state index in [2.05, 4.69) is 43.1 Å². The first-order valence-electron chi connectivity index (χ1n) is 10.2. The topological polar surface area (TPSA) is 32.3 Å². The Bertz CT molecular complexity index is 511. The third-order valence-electron chi connectivity index (χ3n) is 5.46. The summed E-state index contributed by atoms with van der Waals surface area (Å²) in [4.78, 5) is 14.9. The molecule has 0 aromatic heterocycles. The Morgan fingerprint density at radius 2 is 2.04 bits per heavy atom. The van der Waals surface area contributed by atoms with Crippen LogP contribution < -0.4 is 5.32 Å². The van der Waals surface area contributed by atoms with Gasteiger partial charge in [0.1, 0.15) is 0 Å². The summed E-state index contributed by atoms with van der Waals surface area (Å²) in [5, 5.41) is 3.12. The van der Waals surface area contributed by atoms with Gasteiger partial charge in [-0.25, -0.2) is 0 Å². The molecule has 0 radical (unpaired) electrons. The fourth-order valence-corrected chi connectivity index (χ4v) is 3.73. The maximum absolute atomic E-state index is 12.4. The second-order valence-electron chi connectivity index (χ2n) is 7.81. The van der Waals surface area contributed by atoms with E-state index in [9.17, 15) is 4.79 Å². The summed E-state index contributed by atoms with van der Waals surface area (Å²) in [5.74, 6) is 1.47. The van der Waals surface area contributed by atoms with Crippen molar-refractivity contribution in [2.75, 3.05) is 19.6 Å². The Labute approximate surface area is 154 Å². The molecular weight excluding hydrogens is 308 g/mol. The molecule has 3 nitrogen and oxygen atoms in total. The van der Waals surface area contributed by atoms with Gasteiger partial charge in [-0.3, -0.25) is 9.69 Å². The molecule has 2 rings (SSSR count). The number of unbranched alkanes of at least 4 members (excludes halogenated alkanes) is 1. The Hall–Kier alpha value is -1.35. The largest absolute Gasteiger partial charge is 0.352 e. The molecule has 3 heteroatoms. The first kappa shape index (κ1) is 20.0. The Morgan fingerprint density at radius 3 is 2.68 bits per heavy atom. The van der Waals surface area contributed by atoms with Crippen molar-refractivity contribution >= 4 is 5.91 Å². The van der Waals surface area contributed by atoms with E-state index in [-0.39, 0.29) is 5.91 Å². The molecule has 1 aromatic rings. The molecule has 1 saturated heterocycles. The van der Waals surface area contributed by atoms with E-state index in [0.717, 1.165) is 31.0 Å². The van der Waals surface area contributed by atoms with Crippen LogP contribution in [0.3, 0.4) is 0 Å². The highest BCUT2D eigenvalue weighted by atomic mass is 16.1. The van der Waals surface area contributed by atoms with Gasteiger partial charge in [0.2, 0.25) is 0 Å². The maximum atomic E-state index is 12.4. The van der Waals surface area contributed by atoms with E-state index in [0.29, 0.717) is 5.92 Å². The molecule has 1 amide bonds. The molecule has 0 saturated carbocycles. The predicted molar refractivity (Wildman–Crippen MR) is 106 cm³/mol. The molecule has 1 heterocycles.